The Bertz CT molecular complexity index is 380. The van der Waals surface area contributed by atoms with Crippen molar-refractivity contribution < 1.29 is 14.3 Å². The van der Waals surface area contributed by atoms with Gasteiger partial charge in [-0.2, -0.15) is 0 Å². The van der Waals surface area contributed by atoms with Crippen LogP contribution in [0.25, 0.3) is 0 Å². The van der Waals surface area contributed by atoms with Gasteiger partial charge in [-0.15, -0.1) is 0 Å². The zero-order chi connectivity index (χ0) is 12.7. The van der Waals surface area contributed by atoms with Crippen LogP contribution in [0.1, 0.15) is 18.3 Å². The largest absolute Gasteiger partial charge is 0.497 e. The van der Waals surface area contributed by atoms with E-state index in [0.717, 1.165) is 17.1 Å². The van der Waals surface area contributed by atoms with Gasteiger partial charge >= 0.3 is 5.97 Å². The molecular formula is C12H18N2O3. The van der Waals surface area contributed by atoms with E-state index < -0.39 is 0 Å². The molecule has 1 N–H and O–H groups in total. The number of esters is 1. The molecule has 0 spiro atoms. The summed E-state index contributed by atoms with van der Waals surface area (Å²) in [5.74, 6) is 0.512. The molecule has 0 amide bonds. The molecule has 0 radical (unpaired) electrons. The molecule has 0 saturated heterocycles. The average molecular weight is 238 g/mol. The Balaban J connectivity index is 2.46. The summed E-state index contributed by atoms with van der Waals surface area (Å²) >= 11 is 0. The van der Waals surface area contributed by atoms with E-state index in [-0.39, 0.29) is 12.5 Å². The Labute approximate surface area is 101 Å². The van der Waals surface area contributed by atoms with E-state index in [4.69, 9.17) is 9.47 Å². The third-order valence-electron chi connectivity index (χ3n) is 2.10. The topological polar surface area (TPSA) is 60.5 Å². The van der Waals surface area contributed by atoms with E-state index in [1.54, 1.807) is 14.0 Å². The minimum absolute atomic E-state index is 0.186. The lowest BCUT2D eigenvalue weighted by Crippen LogP contribution is -2.24. The molecule has 0 fully saturated rings. The highest BCUT2D eigenvalue weighted by atomic mass is 16.5. The van der Waals surface area contributed by atoms with Gasteiger partial charge in [0.1, 0.15) is 5.75 Å². The smallest absolute Gasteiger partial charge is 0.319 e. The first-order valence-corrected chi connectivity index (χ1v) is 5.53. The standard InChI is InChI=1S/C12H18N2O3/c1-4-17-12(15)8-13-7-10-6-11(16-3)5-9(2)14-10/h5-6,13H,4,7-8H2,1-3H3. The van der Waals surface area contributed by atoms with E-state index in [2.05, 4.69) is 10.3 Å². The summed E-state index contributed by atoms with van der Waals surface area (Å²) < 4.78 is 9.94. The summed E-state index contributed by atoms with van der Waals surface area (Å²) in [5, 5.41) is 2.97. The van der Waals surface area contributed by atoms with Crippen molar-refractivity contribution in [3.63, 3.8) is 0 Å². The van der Waals surface area contributed by atoms with Gasteiger partial charge in [-0.1, -0.05) is 0 Å². The summed E-state index contributed by atoms with van der Waals surface area (Å²) in [6, 6.07) is 3.69. The van der Waals surface area contributed by atoms with Gasteiger partial charge in [0, 0.05) is 24.4 Å². The van der Waals surface area contributed by atoms with Crippen molar-refractivity contribution in [2.75, 3.05) is 20.3 Å². The Hall–Kier alpha value is -1.62. The lowest BCUT2D eigenvalue weighted by atomic mass is 10.3. The van der Waals surface area contributed by atoms with Crippen LogP contribution in [-0.2, 0) is 16.1 Å². The highest BCUT2D eigenvalue weighted by Gasteiger charge is 2.03. The molecule has 0 aliphatic rings. The van der Waals surface area contributed by atoms with Crippen LogP contribution >= 0.6 is 0 Å². The average Bonchev–Trinajstić information content (AvgIpc) is 2.28. The van der Waals surface area contributed by atoms with Crippen LogP contribution in [-0.4, -0.2) is 31.2 Å². The Morgan fingerprint density at radius 2 is 2.24 bits per heavy atom. The van der Waals surface area contributed by atoms with Crippen LogP contribution in [0, 0.1) is 6.92 Å². The molecule has 1 heterocycles. The molecule has 1 aromatic rings. The van der Waals surface area contributed by atoms with Crippen LogP contribution in [0.2, 0.25) is 0 Å². The summed E-state index contributed by atoms with van der Waals surface area (Å²) in [5.41, 5.74) is 1.73. The predicted molar refractivity (Wildman–Crippen MR) is 63.9 cm³/mol. The fourth-order valence-corrected chi connectivity index (χ4v) is 1.42. The van der Waals surface area contributed by atoms with Crippen LogP contribution in [0.15, 0.2) is 12.1 Å². The highest BCUT2D eigenvalue weighted by Crippen LogP contribution is 2.12. The number of carbonyl (C=O) groups is 1. The van der Waals surface area contributed by atoms with Crippen molar-refractivity contribution in [2.24, 2.45) is 0 Å². The third-order valence-corrected chi connectivity index (χ3v) is 2.10. The lowest BCUT2D eigenvalue weighted by Gasteiger charge is -2.07. The number of aromatic nitrogens is 1. The van der Waals surface area contributed by atoms with Crippen LogP contribution in [0.4, 0.5) is 0 Å². The lowest BCUT2D eigenvalue weighted by molar-refractivity contribution is -0.142. The number of carbonyl (C=O) groups excluding carboxylic acids is 1. The molecule has 0 saturated carbocycles. The number of rotatable bonds is 6. The maximum Gasteiger partial charge on any atom is 0.319 e. The maximum atomic E-state index is 11.1. The fraction of sp³-hybridized carbons (Fsp3) is 0.500. The van der Waals surface area contributed by atoms with Crippen molar-refractivity contribution in [1.29, 1.82) is 0 Å². The van der Waals surface area contributed by atoms with Crippen molar-refractivity contribution >= 4 is 5.97 Å². The molecule has 17 heavy (non-hydrogen) atoms. The summed E-state index contributed by atoms with van der Waals surface area (Å²) in [7, 11) is 1.62. The monoisotopic (exact) mass is 238 g/mol. The molecule has 1 aromatic heterocycles. The summed E-state index contributed by atoms with van der Waals surface area (Å²) in [6.07, 6.45) is 0. The fourth-order valence-electron chi connectivity index (χ4n) is 1.42. The van der Waals surface area contributed by atoms with Gasteiger partial charge < -0.3 is 14.8 Å². The normalized spacial score (nSPS) is 10.1. The molecule has 0 unspecified atom stereocenters. The minimum atomic E-state index is -0.257. The van der Waals surface area contributed by atoms with Crippen molar-refractivity contribution in [3.8, 4) is 5.75 Å². The van der Waals surface area contributed by atoms with E-state index in [1.165, 1.54) is 0 Å². The van der Waals surface area contributed by atoms with Gasteiger partial charge in [-0.25, -0.2) is 0 Å². The van der Waals surface area contributed by atoms with Gasteiger partial charge in [0.2, 0.25) is 0 Å². The molecule has 0 bridgehead atoms. The molecule has 94 valence electrons. The van der Waals surface area contributed by atoms with Crippen molar-refractivity contribution in [2.45, 2.75) is 20.4 Å². The summed E-state index contributed by atoms with van der Waals surface area (Å²) in [4.78, 5) is 15.4. The Kier molecular flexibility index (Phi) is 5.42. The van der Waals surface area contributed by atoms with E-state index >= 15 is 0 Å². The quantitative estimate of drug-likeness (QED) is 0.751. The number of methoxy groups -OCH3 is 1. The van der Waals surface area contributed by atoms with Crippen molar-refractivity contribution in [3.05, 3.63) is 23.5 Å². The molecular weight excluding hydrogens is 220 g/mol. The second kappa shape index (κ2) is 6.85. The maximum absolute atomic E-state index is 11.1. The predicted octanol–water partition coefficient (Wildman–Crippen LogP) is 1.05. The number of ether oxygens (including phenoxy) is 2. The van der Waals surface area contributed by atoms with E-state index in [0.29, 0.717) is 13.2 Å². The molecule has 0 aromatic carbocycles. The molecule has 1 rings (SSSR count). The second-order valence-electron chi connectivity index (χ2n) is 3.55. The van der Waals surface area contributed by atoms with Crippen LogP contribution in [0.5, 0.6) is 5.75 Å². The van der Waals surface area contributed by atoms with E-state index in [9.17, 15) is 4.79 Å². The zero-order valence-electron chi connectivity index (χ0n) is 10.4. The van der Waals surface area contributed by atoms with Crippen molar-refractivity contribution in [1.82, 2.24) is 10.3 Å². The number of pyridine rings is 1. The molecule has 0 atom stereocenters. The van der Waals surface area contributed by atoms with Gasteiger partial charge in [-0.05, 0) is 13.8 Å². The first kappa shape index (κ1) is 13.4. The van der Waals surface area contributed by atoms with Gasteiger partial charge in [0.05, 0.1) is 26.0 Å². The number of aryl methyl sites for hydroxylation is 1. The molecule has 0 aliphatic heterocycles. The second-order valence-corrected chi connectivity index (χ2v) is 3.55. The van der Waals surface area contributed by atoms with Crippen LogP contribution < -0.4 is 10.1 Å². The third kappa shape index (κ3) is 4.82. The highest BCUT2D eigenvalue weighted by molar-refractivity contribution is 5.71. The zero-order valence-corrected chi connectivity index (χ0v) is 10.4. The SMILES string of the molecule is CCOC(=O)CNCc1cc(OC)cc(C)n1. The first-order chi connectivity index (χ1) is 8.15. The first-order valence-electron chi connectivity index (χ1n) is 5.53. The van der Waals surface area contributed by atoms with Gasteiger partial charge in [0.25, 0.3) is 0 Å². The number of nitrogens with one attached hydrogen (secondary N) is 1. The van der Waals surface area contributed by atoms with Gasteiger partial charge in [-0.3, -0.25) is 9.78 Å². The molecule has 5 nitrogen and oxygen atoms in total. The summed E-state index contributed by atoms with van der Waals surface area (Å²) in [6.45, 7) is 4.78. The number of hydrogen-bond donors (Lipinski definition) is 1. The van der Waals surface area contributed by atoms with E-state index in [1.807, 2.05) is 19.1 Å². The van der Waals surface area contributed by atoms with Crippen LogP contribution in [0.3, 0.4) is 0 Å². The molecule has 0 aliphatic carbocycles. The number of hydrogen-bond acceptors (Lipinski definition) is 5. The minimum Gasteiger partial charge on any atom is -0.497 e. The Morgan fingerprint density at radius 1 is 1.47 bits per heavy atom. The van der Waals surface area contributed by atoms with Gasteiger partial charge in [0.15, 0.2) is 0 Å². The number of nitrogens with zero attached hydrogens (tertiary/aromatic N) is 1. The molecule has 5 heteroatoms. The Morgan fingerprint density at radius 3 is 2.88 bits per heavy atom.